The fourth-order valence-electron chi connectivity index (χ4n) is 4.50. The Bertz CT molecular complexity index is 1810. The topological polar surface area (TPSA) is 100 Å². The SMILES string of the molecule is O=P(O)(c1ccccc1)c1ccccc1.O=P(O)(c1ccccc1)c1ccccc1.[Eu].c1cnc2c(c1)ccc1cccnc12. The first-order chi connectivity index (χ1) is 21.4. The van der Waals surface area contributed by atoms with Gasteiger partial charge in [0.05, 0.1) is 11.0 Å². The van der Waals surface area contributed by atoms with Crippen LogP contribution in [0.2, 0.25) is 0 Å². The molecule has 0 bridgehead atoms. The van der Waals surface area contributed by atoms with E-state index < -0.39 is 14.7 Å². The standard InChI is InChI=1S/C12H8N2.2C12H11O2P.Eu/c1-3-9-5-6-10-4-2-8-14-12(10)11(9)13-7-1;2*13-15(14,11-7-3-1-4-8-11)12-9-5-2-6-10-12;/h1-8H;2*1-10H,(H,13,14);. The minimum atomic E-state index is -3.40. The Hall–Kier alpha value is -3.12. The van der Waals surface area contributed by atoms with Gasteiger partial charge in [-0.05, 0) is 60.7 Å². The van der Waals surface area contributed by atoms with Crippen LogP contribution in [0.1, 0.15) is 0 Å². The predicted octanol–water partition coefficient (Wildman–Crippen LogP) is 6.60. The summed E-state index contributed by atoms with van der Waals surface area (Å²) < 4.78 is 24.3. The van der Waals surface area contributed by atoms with Crippen LogP contribution in [0.25, 0.3) is 21.8 Å². The van der Waals surface area contributed by atoms with Crippen LogP contribution in [-0.4, -0.2) is 19.8 Å². The first kappa shape index (κ1) is 34.8. The van der Waals surface area contributed by atoms with E-state index in [2.05, 4.69) is 34.2 Å². The molecule has 0 amide bonds. The molecular weight excluding hydrogens is 738 g/mol. The number of aromatic nitrogens is 2. The molecule has 0 aliphatic carbocycles. The van der Waals surface area contributed by atoms with Crippen molar-refractivity contribution >= 4 is 57.8 Å². The monoisotopic (exact) mass is 769 g/mol. The van der Waals surface area contributed by atoms with Crippen molar-refractivity contribution in [1.29, 1.82) is 0 Å². The van der Waals surface area contributed by atoms with Gasteiger partial charge >= 0.3 is 0 Å². The Morgan fingerprint density at radius 3 is 0.911 bits per heavy atom. The van der Waals surface area contributed by atoms with Crippen molar-refractivity contribution in [2.24, 2.45) is 0 Å². The summed E-state index contributed by atoms with van der Waals surface area (Å²) >= 11 is 0. The van der Waals surface area contributed by atoms with E-state index in [1.807, 2.05) is 36.4 Å². The maximum Gasteiger partial charge on any atom is 0.258 e. The van der Waals surface area contributed by atoms with Crippen LogP contribution >= 0.6 is 14.7 Å². The number of rotatable bonds is 4. The largest absolute Gasteiger partial charge is 0.338 e. The van der Waals surface area contributed by atoms with E-state index in [-0.39, 0.29) is 49.4 Å². The van der Waals surface area contributed by atoms with E-state index in [0.717, 1.165) is 21.8 Å². The Morgan fingerprint density at radius 2 is 0.644 bits per heavy atom. The average Bonchev–Trinajstić information content (AvgIpc) is 3.10. The molecule has 2 N–H and O–H groups in total. The van der Waals surface area contributed by atoms with Crippen LogP contribution in [-0.2, 0) is 9.13 Å². The molecule has 1 radical (unpaired) electrons. The average molecular weight is 769 g/mol. The summed E-state index contributed by atoms with van der Waals surface area (Å²) in [7, 11) is -6.79. The van der Waals surface area contributed by atoms with Gasteiger partial charge in [-0.1, -0.05) is 97.1 Å². The Morgan fingerprint density at radius 1 is 0.378 bits per heavy atom. The molecular formula is C36H30EuN2O4P2. The number of hydrogen-bond acceptors (Lipinski definition) is 4. The van der Waals surface area contributed by atoms with Crippen LogP contribution in [0.4, 0.5) is 0 Å². The summed E-state index contributed by atoms with van der Waals surface area (Å²) in [5.74, 6) is 0. The van der Waals surface area contributed by atoms with Crippen LogP contribution in [0.15, 0.2) is 170 Å². The van der Waals surface area contributed by atoms with Crippen LogP contribution < -0.4 is 21.2 Å². The van der Waals surface area contributed by atoms with Crippen LogP contribution in [0, 0.1) is 49.4 Å². The molecule has 9 heteroatoms. The second-order valence-corrected chi connectivity index (χ2v) is 14.1. The third kappa shape index (κ3) is 8.79. The van der Waals surface area contributed by atoms with Crippen molar-refractivity contribution in [3.05, 3.63) is 170 Å². The van der Waals surface area contributed by atoms with Gasteiger partial charge in [-0.2, -0.15) is 0 Å². The van der Waals surface area contributed by atoms with E-state index in [0.29, 0.717) is 21.2 Å². The minimum absolute atomic E-state index is 0. The zero-order valence-corrected chi connectivity index (χ0v) is 28.3. The molecule has 45 heavy (non-hydrogen) atoms. The summed E-state index contributed by atoms with van der Waals surface area (Å²) in [6.07, 6.45) is 3.60. The normalized spacial score (nSPS) is 10.9. The van der Waals surface area contributed by atoms with E-state index in [1.165, 1.54) is 0 Å². The number of nitrogens with zero attached hydrogens (tertiary/aromatic N) is 2. The summed E-state index contributed by atoms with van der Waals surface area (Å²) in [5.41, 5.74) is 1.95. The Labute approximate surface area is 303 Å². The van der Waals surface area contributed by atoms with Crippen LogP contribution in [0.5, 0.6) is 0 Å². The van der Waals surface area contributed by atoms with Gasteiger partial charge in [0.15, 0.2) is 0 Å². The van der Waals surface area contributed by atoms with Crippen molar-refractivity contribution in [3.63, 3.8) is 0 Å². The fraction of sp³-hybridized carbons (Fsp3) is 0. The zero-order chi connectivity index (χ0) is 30.8. The van der Waals surface area contributed by atoms with Gasteiger partial charge in [-0.15, -0.1) is 0 Å². The van der Waals surface area contributed by atoms with Gasteiger partial charge < -0.3 is 9.79 Å². The molecule has 0 spiro atoms. The summed E-state index contributed by atoms with van der Waals surface area (Å²) in [6, 6.07) is 47.0. The number of hydrogen-bond donors (Lipinski definition) is 2. The number of pyridine rings is 2. The summed E-state index contributed by atoms with van der Waals surface area (Å²) in [4.78, 5) is 28.7. The molecule has 0 atom stereocenters. The first-order valence-corrected chi connectivity index (χ1v) is 17.2. The van der Waals surface area contributed by atoms with E-state index >= 15 is 0 Å². The van der Waals surface area contributed by atoms with E-state index in [9.17, 15) is 18.9 Å². The van der Waals surface area contributed by atoms with Crippen molar-refractivity contribution in [1.82, 2.24) is 9.97 Å². The van der Waals surface area contributed by atoms with Crippen LogP contribution in [0.3, 0.4) is 0 Å². The molecule has 225 valence electrons. The number of fused-ring (bicyclic) bond motifs is 3. The summed E-state index contributed by atoms with van der Waals surface area (Å²) in [5, 5.41) is 4.15. The maximum absolute atomic E-state index is 12.2. The summed E-state index contributed by atoms with van der Waals surface area (Å²) in [6.45, 7) is 0. The third-order valence-electron chi connectivity index (χ3n) is 6.77. The number of benzene rings is 5. The molecule has 0 aliphatic rings. The van der Waals surface area contributed by atoms with Crippen molar-refractivity contribution < 1.29 is 68.3 Å². The fourth-order valence-corrected chi connectivity index (χ4v) is 7.40. The molecule has 6 nitrogen and oxygen atoms in total. The van der Waals surface area contributed by atoms with Crippen molar-refractivity contribution in [2.75, 3.05) is 0 Å². The molecule has 0 saturated heterocycles. The molecule has 2 heterocycles. The molecule has 7 rings (SSSR count). The Balaban J connectivity index is 0.000000152. The molecule has 0 saturated carbocycles. The van der Waals surface area contributed by atoms with E-state index in [4.69, 9.17) is 0 Å². The van der Waals surface area contributed by atoms with Gasteiger partial charge in [-0.3, -0.25) is 19.1 Å². The predicted molar refractivity (Wildman–Crippen MR) is 181 cm³/mol. The molecule has 5 aromatic carbocycles. The van der Waals surface area contributed by atoms with Gasteiger partial charge in [0.2, 0.25) is 0 Å². The molecule has 0 unspecified atom stereocenters. The van der Waals surface area contributed by atoms with Gasteiger partial charge in [-0.25, -0.2) is 0 Å². The van der Waals surface area contributed by atoms with Crippen molar-refractivity contribution in [3.8, 4) is 0 Å². The minimum Gasteiger partial charge on any atom is -0.338 e. The molecule has 7 aromatic rings. The molecule has 2 aromatic heterocycles. The van der Waals surface area contributed by atoms with Gasteiger partial charge in [0.1, 0.15) is 0 Å². The van der Waals surface area contributed by atoms with Crippen molar-refractivity contribution in [2.45, 2.75) is 0 Å². The van der Waals surface area contributed by atoms with Gasteiger partial charge in [0, 0.05) is 93.8 Å². The first-order valence-electron chi connectivity index (χ1n) is 13.8. The maximum atomic E-state index is 12.2. The smallest absolute Gasteiger partial charge is 0.258 e. The molecule has 0 aliphatic heterocycles. The Kier molecular flexibility index (Phi) is 12.7. The quantitative estimate of drug-likeness (QED) is 0.155. The third-order valence-corrected chi connectivity index (χ3v) is 10.8. The zero-order valence-electron chi connectivity index (χ0n) is 24.0. The molecule has 0 fully saturated rings. The van der Waals surface area contributed by atoms with E-state index in [1.54, 1.807) is 109 Å². The second kappa shape index (κ2) is 16.4. The second-order valence-electron chi connectivity index (χ2n) is 9.71. The van der Waals surface area contributed by atoms with Gasteiger partial charge in [0.25, 0.3) is 14.7 Å².